The van der Waals surface area contributed by atoms with Gasteiger partial charge in [0.05, 0.1) is 0 Å². The van der Waals surface area contributed by atoms with E-state index in [9.17, 15) is 0 Å². The molecule has 0 aliphatic heterocycles. The molecule has 0 unspecified atom stereocenters. The largest absolute Gasteiger partial charge is 0.175 e. The van der Waals surface area contributed by atoms with Gasteiger partial charge in [0, 0.05) is 5.75 Å². The van der Waals surface area contributed by atoms with Crippen molar-refractivity contribution >= 4 is 35.7 Å². The van der Waals surface area contributed by atoms with E-state index in [2.05, 4.69) is 29.7 Å². The molecule has 0 N–H and O–H groups in total. The van der Waals surface area contributed by atoms with Crippen LogP contribution in [-0.4, -0.2) is 16.0 Å². The van der Waals surface area contributed by atoms with Crippen LogP contribution in [0.25, 0.3) is 0 Å². The van der Waals surface area contributed by atoms with Gasteiger partial charge in [-0.15, -0.1) is 22.8 Å². The van der Waals surface area contributed by atoms with E-state index in [1.807, 2.05) is 0 Å². The lowest BCUT2D eigenvalue weighted by atomic mass is 10.6. The van der Waals surface area contributed by atoms with Crippen LogP contribution >= 0.6 is 35.7 Å². The molecule has 1 aromatic heterocycles. The molecule has 2 nitrogen and oxygen atoms in total. The molecule has 0 atom stereocenters. The number of rotatable bonds is 3. The number of nitrogens with zero attached hydrogens (tertiary/aromatic N) is 2. The first-order valence-electron chi connectivity index (χ1n) is 2.98. The van der Waals surface area contributed by atoms with Gasteiger partial charge in [-0.1, -0.05) is 30.0 Å². The van der Waals surface area contributed by atoms with Gasteiger partial charge in [0.1, 0.15) is 0 Å². The zero-order chi connectivity index (χ0) is 7.40. The molecule has 0 aliphatic carbocycles. The standard InChI is InChI=1S/C5H8N2S3/c1-2-3-9-5-7-6-4(8)10-5/h2-3H2,1H3,(H,6,8). The number of hydrogen-bond donors (Lipinski definition) is 1. The van der Waals surface area contributed by atoms with E-state index < -0.39 is 0 Å². The predicted molar refractivity (Wildman–Crippen MR) is 48.2 cm³/mol. The van der Waals surface area contributed by atoms with E-state index in [1.54, 1.807) is 11.8 Å². The lowest BCUT2D eigenvalue weighted by Crippen LogP contribution is -1.73. The van der Waals surface area contributed by atoms with Gasteiger partial charge in [-0.2, -0.15) is 0 Å². The second-order valence-electron chi connectivity index (χ2n) is 1.70. The lowest BCUT2D eigenvalue weighted by molar-refractivity contribution is 0.955. The highest BCUT2D eigenvalue weighted by Crippen LogP contribution is 2.24. The minimum atomic E-state index is 0.749. The highest BCUT2D eigenvalue weighted by Gasteiger charge is 1.98. The van der Waals surface area contributed by atoms with Crippen LogP contribution in [0.2, 0.25) is 0 Å². The summed E-state index contributed by atoms with van der Waals surface area (Å²) in [6.45, 7) is 2.15. The fourth-order valence-electron chi connectivity index (χ4n) is 0.450. The number of aromatic nitrogens is 2. The summed E-state index contributed by atoms with van der Waals surface area (Å²) in [5, 5.41) is 7.69. The summed E-state index contributed by atoms with van der Waals surface area (Å²) in [5.74, 6) is 1.11. The van der Waals surface area contributed by atoms with Crippen LogP contribution in [-0.2, 0) is 0 Å². The van der Waals surface area contributed by atoms with Gasteiger partial charge in [-0.25, -0.2) is 0 Å². The molecule has 10 heavy (non-hydrogen) atoms. The second-order valence-corrected chi connectivity index (χ2v) is 4.74. The third kappa shape index (κ3) is 2.48. The molecule has 0 fully saturated rings. The molecule has 0 radical (unpaired) electrons. The molecule has 0 aromatic carbocycles. The van der Waals surface area contributed by atoms with Crippen LogP contribution < -0.4 is 0 Å². The highest BCUT2D eigenvalue weighted by molar-refractivity contribution is 8.01. The quantitative estimate of drug-likeness (QED) is 0.588. The Bertz CT molecular complexity index is 199. The van der Waals surface area contributed by atoms with Crippen molar-refractivity contribution in [2.75, 3.05) is 5.75 Å². The van der Waals surface area contributed by atoms with E-state index in [4.69, 9.17) is 0 Å². The highest BCUT2D eigenvalue weighted by atomic mass is 32.2. The fraction of sp³-hybridized carbons (Fsp3) is 0.600. The Labute approximate surface area is 73.9 Å². The van der Waals surface area contributed by atoms with Gasteiger partial charge >= 0.3 is 0 Å². The molecule has 0 amide bonds. The summed E-state index contributed by atoms with van der Waals surface area (Å²) in [7, 11) is 0. The Morgan fingerprint density at radius 2 is 2.40 bits per heavy atom. The van der Waals surface area contributed by atoms with Crippen molar-refractivity contribution in [1.82, 2.24) is 10.2 Å². The van der Waals surface area contributed by atoms with Crippen molar-refractivity contribution in [3.8, 4) is 0 Å². The normalized spacial score (nSPS) is 10.2. The van der Waals surface area contributed by atoms with Gasteiger partial charge in [0.15, 0.2) is 8.68 Å². The molecule has 1 heterocycles. The average molecular weight is 192 g/mol. The molecule has 1 aromatic rings. The monoisotopic (exact) mass is 192 g/mol. The summed E-state index contributed by atoms with van der Waals surface area (Å²) >= 11 is 7.33. The Morgan fingerprint density at radius 3 is 2.90 bits per heavy atom. The summed E-state index contributed by atoms with van der Waals surface area (Å²) in [5.41, 5.74) is 0. The van der Waals surface area contributed by atoms with Crippen LogP contribution in [0, 0.1) is 0 Å². The van der Waals surface area contributed by atoms with Crippen LogP contribution in [0.15, 0.2) is 8.68 Å². The molecule has 0 spiro atoms. The van der Waals surface area contributed by atoms with Gasteiger partial charge in [-0.3, -0.25) is 0 Å². The smallest absolute Gasteiger partial charge is 0.131 e. The van der Waals surface area contributed by atoms with Crippen LogP contribution in [0.4, 0.5) is 0 Å². The third-order valence-corrected chi connectivity index (χ3v) is 3.25. The number of thiol groups is 1. The van der Waals surface area contributed by atoms with E-state index >= 15 is 0 Å². The van der Waals surface area contributed by atoms with Crippen molar-refractivity contribution in [2.45, 2.75) is 22.0 Å². The molecule has 0 aliphatic rings. The van der Waals surface area contributed by atoms with Crippen molar-refractivity contribution < 1.29 is 0 Å². The van der Waals surface area contributed by atoms with Gasteiger partial charge in [0.25, 0.3) is 0 Å². The zero-order valence-corrected chi connectivity index (χ0v) is 8.10. The molecular weight excluding hydrogens is 184 g/mol. The van der Waals surface area contributed by atoms with Crippen LogP contribution in [0.3, 0.4) is 0 Å². The molecule has 0 saturated heterocycles. The maximum absolute atomic E-state index is 4.06. The molecule has 56 valence electrons. The maximum atomic E-state index is 4.06. The fourth-order valence-corrected chi connectivity index (χ4v) is 2.46. The Balaban J connectivity index is 2.42. The molecule has 5 heteroatoms. The van der Waals surface area contributed by atoms with Crippen LogP contribution in [0.1, 0.15) is 13.3 Å². The second kappa shape index (κ2) is 4.20. The topological polar surface area (TPSA) is 25.8 Å². The Hall–Kier alpha value is 0.260. The van der Waals surface area contributed by atoms with E-state index in [-0.39, 0.29) is 0 Å². The third-order valence-electron chi connectivity index (χ3n) is 0.825. The Morgan fingerprint density at radius 1 is 1.60 bits per heavy atom. The van der Waals surface area contributed by atoms with Crippen molar-refractivity contribution in [3.05, 3.63) is 0 Å². The first-order chi connectivity index (χ1) is 4.83. The average Bonchev–Trinajstić information content (AvgIpc) is 2.31. The molecule has 0 saturated carbocycles. The number of thioether (sulfide) groups is 1. The summed E-state index contributed by atoms with van der Waals surface area (Å²) in [6, 6.07) is 0. The SMILES string of the molecule is CCCSc1nnc(S)s1. The van der Waals surface area contributed by atoms with Crippen LogP contribution in [0.5, 0.6) is 0 Å². The van der Waals surface area contributed by atoms with Crippen molar-refractivity contribution in [2.24, 2.45) is 0 Å². The van der Waals surface area contributed by atoms with Gasteiger partial charge in [0.2, 0.25) is 0 Å². The van der Waals surface area contributed by atoms with E-state index in [1.165, 1.54) is 17.8 Å². The molecular formula is C5H8N2S3. The molecule has 1 rings (SSSR count). The minimum Gasteiger partial charge on any atom is -0.131 e. The summed E-state index contributed by atoms with van der Waals surface area (Å²) in [6.07, 6.45) is 1.17. The zero-order valence-electron chi connectivity index (χ0n) is 5.57. The number of hydrogen-bond acceptors (Lipinski definition) is 5. The Kier molecular flexibility index (Phi) is 3.51. The summed E-state index contributed by atoms with van der Waals surface area (Å²) in [4.78, 5) is 0. The maximum Gasteiger partial charge on any atom is 0.175 e. The van der Waals surface area contributed by atoms with Crippen molar-refractivity contribution in [1.29, 1.82) is 0 Å². The van der Waals surface area contributed by atoms with Crippen molar-refractivity contribution in [3.63, 3.8) is 0 Å². The van der Waals surface area contributed by atoms with E-state index in [0.717, 1.165) is 14.4 Å². The molecule has 0 bridgehead atoms. The lowest BCUT2D eigenvalue weighted by Gasteiger charge is -1.87. The minimum absolute atomic E-state index is 0.749. The predicted octanol–water partition coefficient (Wildman–Crippen LogP) is 2.33. The van der Waals surface area contributed by atoms with E-state index in [0.29, 0.717) is 0 Å². The van der Waals surface area contributed by atoms with Gasteiger partial charge < -0.3 is 0 Å². The van der Waals surface area contributed by atoms with Gasteiger partial charge in [-0.05, 0) is 6.42 Å². The first kappa shape index (κ1) is 8.36. The summed E-state index contributed by atoms with van der Waals surface area (Å²) < 4.78 is 1.77. The first-order valence-corrected chi connectivity index (χ1v) is 5.23.